The van der Waals surface area contributed by atoms with E-state index < -0.39 is 9.84 Å². The highest BCUT2D eigenvalue weighted by Crippen LogP contribution is 2.53. The molecule has 1 saturated heterocycles. The third-order valence-electron chi connectivity index (χ3n) is 4.78. The number of hydrogen-bond donors (Lipinski definition) is 1. The van der Waals surface area contributed by atoms with Crippen molar-refractivity contribution in [3.63, 3.8) is 0 Å². The summed E-state index contributed by atoms with van der Waals surface area (Å²) >= 11 is 6.22. The normalized spacial score (nSPS) is 30.6. The van der Waals surface area contributed by atoms with Gasteiger partial charge in [-0.15, -0.1) is 0 Å². The second-order valence-electron chi connectivity index (χ2n) is 6.60. The van der Waals surface area contributed by atoms with Crippen LogP contribution in [0.5, 0.6) is 0 Å². The van der Waals surface area contributed by atoms with E-state index in [9.17, 15) is 8.42 Å². The van der Waals surface area contributed by atoms with E-state index in [4.69, 9.17) is 16.3 Å². The monoisotopic (exact) mass is 329 g/mol. The summed E-state index contributed by atoms with van der Waals surface area (Å²) in [4.78, 5) is 0.283. The fourth-order valence-electron chi connectivity index (χ4n) is 3.63. The summed E-state index contributed by atoms with van der Waals surface area (Å²) in [6.07, 6.45) is 2.52. The van der Waals surface area contributed by atoms with E-state index in [0.29, 0.717) is 16.6 Å². The van der Waals surface area contributed by atoms with Gasteiger partial charge in [0.2, 0.25) is 0 Å². The first-order valence-corrected chi connectivity index (χ1v) is 9.36. The number of nitrogens with one attached hydrogen (secondary N) is 1. The van der Waals surface area contributed by atoms with Gasteiger partial charge in [-0.2, -0.15) is 0 Å². The Bertz CT molecular complexity index is 671. The minimum absolute atomic E-state index is 0.0194. The molecule has 1 saturated carbocycles. The Labute approximate surface area is 130 Å². The van der Waals surface area contributed by atoms with Gasteiger partial charge >= 0.3 is 0 Å². The van der Waals surface area contributed by atoms with Crippen LogP contribution in [-0.2, 0) is 14.6 Å². The van der Waals surface area contributed by atoms with Gasteiger partial charge in [0, 0.05) is 30.2 Å². The van der Waals surface area contributed by atoms with Gasteiger partial charge in [-0.3, -0.25) is 0 Å². The molecule has 0 radical (unpaired) electrons. The number of ether oxygens (including phenoxy) is 1. The van der Waals surface area contributed by atoms with Crippen molar-refractivity contribution in [3.05, 3.63) is 23.2 Å². The second-order valence-corrected chi connectivity index (χ2v) is 9.02. The number of hydrogen-bond acceptors (Lipinski definition) is 4. The zero-order valence-electron chi connectivity index (χ0n) is 12.4. The molecule has 1 N–H and O–H groups in total. The van der Waals surface area contributed by atoms with Crippen molar-refractivity contribution in [2.75, 3.05) is 18.2 Å². The van der Waals surface area contributed by atoms with Gasteiger partial charge < -0.3 is 10.1 Å². The van der Waals surface area contributed by atoms with E-state index in [1.54, 1.807) is 12.1 Å². The lowest BCUT2D eigenvalue weighted by molar-refractivity contribution is -0.0923. The first-order chi connectivity index (χ1) is 9.71. The van der Waals surface area contributed by atoms with E-state index >= 15 is 0 Å². The van der Waals surface area contributed by atoms with E-state index in [1.807, 2.05) is 0 Å². The first-order valence-electron chi connectivity index (χ1n) is 7.09. The molecule has 1 aliphatic heterocycles. The SMILES string of the molecule is CC1(C)C(Nc2cc(S(C)(=O)=O)ccc2Cl)C2CCOC21. The lowest BCUT2D eigenvalue weighted by Crippen LogP contribution is -2.63. The van der Waals surface area contributed by atoms with Gasteiger partial charge in [-0.25, -0.2) is 8.42 Å². The maximum Gasteiger partial charge on any atom is 0.175 e. The molecule has 1 aliphatic carbocycles. The summed E-state index contributed by atoms with van der Waals surface area (Å²) in [5.74, 6) is 0.470. The van der Waals surface area contributed by atoms with Crippen LogP contribution in [-0.4, -0.2) is 33.4 Å². The third kappa shape index (κ3) is 2.45. The molecule has 1 heterocycles. The third-order valence-corrected chi connectivity index (χ3v) is 6.22. The Hall–Kier alpha value is -0.780. The zero-order chi connectivity index (χ0) is 15.4. The standard InChI is InChI=1S/C15H20ClNO3S/c1-15(2)13(10-6-7-20-14(10)15)17-12-8-9(21(3,18)19)4-5-11(12)16/h4-5,8,10,13-14,17H,6-7H2,1-3H3. The van der Waals surface area contributed by atoms with Crippen molar-refractivity contribution >= 4 is 27.1 Å². The number of anilines is 1. The minimum Gasteiger partial charge on any atom is -0.380 e. The molecule has 3 unspecified atom stereocenters. The summed E-state index contributed by atoms with van der Waals surface area (Å²) in [6, 6.07) is 5.04. The van der Waals surface area contributed by atoms with Crippen LogP contribution >= 0.6 is 11.6 Å². The topological polar surface area (TPSA) is 55.4 Å². The molecular formula is C15H20ClNO3S. The van der Waals surface area contributed by atoms with Crippen molar-refractivity contribution in [2.45, 2.75) is 37.3 Å². The van der Waals surface area contributed by atoms with E-state index in [-0.39, 0.29) is 22.5 Å². The summed E-state index contributed by atoms with van der Waals surface area (Å²) < 4.78 is 29.1. The molecule has 0 aromatic heterocycles. The van der Waals surface area contributed by atoms with Crippen molar-refractivity contribution < 1.29 is 13.2 Å². The Kier molecular flexibility index (Phi) is 3.50. The molecular weight excluding hydrogens is 310 g/mol. The van der Waals surface area contributed by atoms with Gasteiger partial charge in [0.25, 0.3) is 0 Å². The molecule has 2 aliphatic rings. The highest BCUT2D eigenvalue weighted by Gasteiger charge is 2.59. The lowest BCUT2D eigenvalue weighted by Gasteiger charge is -2.55. The molecule has 4 nitrogen and oxygen atoms in total. The van der Waals surface area contributed by atoms with Crippen LogP contribution in [0.1, 0.15) is 20.3 Å². The number of rotatable bonds is 3. The molecule has 0 spiro atoms. The van der Waals surface area contributed by atoms with Crippen LogP contribution in [0.25, 0.3) is 0 Å². The molecule has 1 aromatic rings. The molecule has 2 fully saturated rings. The van der Waals surface area contributed by atoms with Crippen LogP contribution in [0.3, 0.4) is 0 Å². The number of fused-ring (bicyclic) bond motifs is 1. The summed E-state index contributed by atoms with van der Waals surface area (Å²) in [5, 5.41) is 3.99. The first kappa shape index (κ1) is 15.1. The zero-order valence-corrected chi connectivity index (χ0v) is 14.0. The molecule has 3 rings (SSSR count). The van der Waals surface area contributed by atoms with Crippen LogP contribution in [0, 0.1) is 11.3 Å². The van der Waals surface area contributed by atoms with Crippen molar-refractivity contribution in [3.8, 4) is 0 Å². The fourth-order valence-corrected chi connectivity index (χ4v) is 4.45. The molecule has 21 heavy (non-hydrogen) atoms. The number of halogens is 1. The van der Waals surface area contributed by atoms with Gasteiger partial charge in [0.15, 0.2) is 9.84 Å². The van der Waals surface area contributed by atoms with Gasteiger partial charge in [0.1, 0.15) is 0 Å². The Balaban J connectivity index is 1.88. The number of benzene rings is 1. The van der Waals surface area contributed by atoms with E-state index in [0.717, 1.165) is 13.0 Å². The predicted octanol–water partition coefficient (Wildman–Crippen LogP) is 2.97. The average molecular weight is 330 g/mol. The van der Waals surface area contributed by atoms with Gasteiger partial charge in [-0.1, -0.05) is 25.4 Å². The Morgan fingerprint density at radius 2 is 2.10 bits per heavy atom. The summed E-state index contributed by atoms with van der Waals surface area (Å²) in [6.45, 7) is 5.14. The minimum atomic E-state index is -3.24. The highest BCUT2D eigenvalue weighted by atomic mass is 35.5. The molecule has 0 amide bonds. The quantitative estimate of drug-likeness (QED) is 0.926. The maximum absolute atomic E-state index is 11.7. The Morgan fingerprint density at radius 1 is 1.38 bits per heavy atom. The fraction of sp³-hybridized carbons (Fsp3) is 0.600. The van der Waals surface area contributed by atoms with Crippen molar-refractivity contribution in [1.29, 1.82) is 0 Å². The molecule has 3 atom stereocenters. The van der Waals surface area contributed by atoms with Crippen LogP contribution in [0.2, 0.25) is 5.02 Å². The average Bonchev–Trinajstić information content (AvgIpc) is 2.83. The van der Waals surface area contributed by atoms with E-state index in [2.05, 4.69) is 19.2 Å². The molecule has 116 valence electrons. The second kappa shape index (κ2) is 4.86. The van der Waals surface area contributed by atoms with Crippen molar-refractivity contribution in [1.82, 2.24) is 0 Å². The number of sulfone groups is 1. The van der Waals surface area contributed by atoms with Gasteiger partial charge in [-0.05, 0) is 24.6 Å². The Morgan fingerprint density at radius 3 is 2.76 bits per heavy atom. The van der Waals surface area contributed by atoms with Crippen LogP contribution in [0.4, 0.5) is 5.69 Å². The molecule has 6 heteroatoms. The maximum atomic E-state index is 11.7. The van der Waals surface area contributed by atoms with Crippen molar-refractivity contribution in [2.24, 2.45) is 11.3 Å². The smallest absolute Gasteiger partial charge is 0.175 e. The molecule has 0 bridgehead atoms. The summed E-state index contributed by atoms with van der Waals surface area (Å²) in [7, 11) is -3.24. The van der Waals surface area contributed by atoms with E-state index in [1.165, 1.54) is 12.3 Å². The highest BCUT2D eigenvalue weighted by molar-refractivity contribution is 7.90. The lowest BCUT2D eigenvalue weighted by atomic mass is 9.57. The van der Waals surface area contributed by atoms with Crippen LogP contribution in [0.15, 0.2) is 23.1 Å². The predicted molar refractivity (Wildman–Crippen MR) is 83.6 cm³/mol. The van der Waals surface area contributed by atoms with Gasteiger partial charge in [0.05, 0.1) is 21.7 Å². The molecule has 1 aromatic carbocycles. The van der Waals surface area contributed by atoms with Crippen LogP contribution < -0.4 is 5.32 Å². The largest absolute Gasteiger partial charge is 0.380 e. The summed E-state index contributed by atoms with van der Waals surface area (Å²) in [5.41, 5.74) is 0.703.